The van der Waals surface area contributed by atoms with Crippen molar-refractivity contribution in [3.8, 4) is 17.2 Å². The minimum absolute atomic E-state index is 0.229. The summed E-state index contributed by atoms with van der Waals surface area (Å²) in [6.45, 7) is 5.18. The summed E-state index contributed by atoms with van der Waals surface area (Å²) < 4.78 is 6.16. The van der Waals surface area contributed by atoms with E-state index < -0.39 is 0 Å². The second kappa shape index (κ2) is 9.86. The van der Waals surface area contributed by atoms with Gasteiger partial charge in [-0.05, 0) is 43.0 Å². The number of aryl methyl sites for hydroxylation is 1. The van der Waals surface area contributed by atoms with Gasteiger partial charge < -0.3 is 15.2 Å². The second-order valence-corrected chi connectivity index (χ2v) is 6.10. The molecule has 0 bridgehead atoms. The number of hydrogen-bond acceptors (Lipinski definition) is 3. The van der Waals surface area contributed by atoms with Gasteiger partial charge in [0, 0.05) is 6.54 Å². The number of unbranched alkanes of at least 4 members (excludes halogenated alkanes) is 3. The Kier molecular flexibility index (Phi) is 7.47. The van der Waals surface area contributed by atoms with Crippen molar-refractivity contribution in [1.82, 2.24) is 0 Å². The van der Waals surface area contributed by atoms with Gasteiger partial charge in [-0.25, -0.2) is 0 Å². The van der Waals surface area contributed by atoms with Crippen LogP contribution in [0.25, 0.3) is 0 Å². The molecule has 0 saturated carbocycles. The number of aromatic hydroxyl groups is 1. The molecule has 0 aliphatic rings. The predicted molar refractivity (Wildman–Crippen MR) is 101 cm³/mol. The molecule has 0 aliphatic heterocycles. The lowest BCUT2D eigenvalue weighted by atomic mass is 10.1. The van der Waals surface area contributed by atoms with Crippen LogP contribution in [0.15, 0.2) is 42.5 Å². The maximum atomic E-state index is 10.2. The van der Waals surface area contributed by atoms with Crippen LogP contribution < -0.4 is 10.1 Å². The molecule has 2 rings (SSSR count). The minimum Gasteiger partial charge on any atom is -0.506 e. The molecule has 0 atom stereocenters. The Hall–Kier alpha value is -2.16. The Morgan fingerprint density at radius 3 is 2.42 bits per heavy atom. The van der Waals surface area contributed by atoms with E-state index in [9.17, 15) is 5.11 Å². The van der Waals surface area contributed by atoms with Crippen LogP contribution in [0.2, 0.25) is 0 Å². The Balaban J connectivity index is 2.17. The first-order chi connectivity index (χ1) is 11.8. The Morgan fingerprint density at radius 1 is 0.875 bits per heavy atom. The summed E-state index contributed by atoms with van der Waals surface area (Å²) in [6, 6.07) is 13.6. The molecule has 2 aromatic rings. The van der Waals surface area contributed by atoms with Crippen LogP contribution in [0.4, 0.5) is 5.69 Å². The fourth-order valence-corrected chi connectivity index (χ4v) is 2.67. The highest BCUT2D eigenvalue weighted by Crippen LogP contribution is 2.37. The topological polar surface area (TPSA) is 41.5 Å². The molecule has 0 amide bonds. The van der Waals surface area contributed by atoms with Crippen molar-refractivity contribution in [2.24, 2.45) is 0 Å². The van der Waals surface area contributed by atoms with Gasteiger partial charge in [-0.2, -0.15) is 0 Å². The molecule has 0 radical (unpaired) electrons. The van der Waals surface area contributed by atoms with Crippen molar-refractivity contribution in [2.45, 2.75) is 52.4 Å². The minimum atomic E-state index is 0.229. The summed E-state index contributed by atoms with van der Waals surface area (Å²) in [5.74, 6) is 1.78. The number of nitrogens with one attached hydrogen (secondary N) is 1. The lowest BCUT2D eigenvalue weighted by Crippen LogP contribution is -2.03. The Morgan fingerprint density at radius 2 is 1.62 bits per heavy atom. The van der Waals surface area contributed by atoms with E-state index >= 15 is 0 Å². The van der Waals surface area contributed by atoms with Crippen molar-refractivity contribution < 1.29 is 9.84 Å². The largest absolute Gasteiger partial charge is 0.506 e. The molecular formula is C21H29NO2. The van der Waals surface area contributed by atoms with Crippen LogP contribution in [-0.4, -0.2) is 11.7 Å². The molecule has 0 aromatic heterocycles. The maximum absolute atomic E-state index is 10.2. The van der Waals surface area contributed by atoms with Crippen LogP contribution in [0.1, 0.15) is 51.5 Å². The summed E-state index contributed by atoms with van der Waals surface area (Å²) >= 11 is 0. The number of para-hydroxylation sites is 2. The first-order valence-corrected chi connectivity index (χ1v) is 9.07. The zero-order chi connectivity index (χ0) is 17.2. The number of phenolic OH excluding ortho intramolecular Hbond substituents is 1. The van der Waals surface area contributed by atoms with E-state index in [1.807, 2.05) is 24.3 Å². The van der Waals surface area contributed by atoms with Crippen LogP contribution >= 0.6 is 0 Å². The van der Waals surface area contributed by atoms with Crippen molar-refractivity contribution in [1.29, 1.82) is 0 Å². The summed E-state index contributed by atoms with van der Waals surface area (Å²) in [6.07, 6.45) is 6.78. The lowest BCUT2D eigenvalue weighted by molar-refractivity contribution is 0.455. The number of phenols is 1. The van der Waals surface area contributed by atoms with Crippen molar-refractivity contribution in [3.63, 3.8) is 0 Å². The SMILES string of the molecule is CCCCCc1ccccc1Oc1cccc(O)c1NCCCC. The number of ether oxygens (including phenoxy) is 1. The van der Waals surface area contributed by atoms with E-state index in [4.69, 9.17) is 4.74 Å². The van der Waals surface area contributed by atoms with Gasteiger partial charge in [-0.1, -0.05) is 57.4 Å². The van der Waals surface area contributed by atoms with Crippen LogP contribution in [0.3, 0.4) is 0 Å². The molecule has 3 heteroatoms. The molecule has 0 saturated heterocycles. The van der Waals surface area contributed by atoms with Gasteiger partial charge in [-0.15, -0.1) is 0 Å². The molecule has 2 aromatic carbocycles. The van der Waals surface area contributed by atoms with Gasteiger partial charge in [0.05, 0.1) is 0 Å². The third kappa shape index (κ3) is 5.19. The predicted octanol–water partition coefficient (Wildman–Crippen LogP) is 6.13. The molecule has 130 valence electrons. The molecule has 2 N–H and O–H groups in total. The standard InChI is InChI=1S/C21H29NO2/c1-3-5-7-11-17-12-8-9-14-19(17)24-20-15-10-13-18(23)21(20)22-16-6-4-2/h8-10,12-15,22-23H,3-7,11,16H2,1-2H3. The van der Waals surface area contributed by atoms with E-state index in [-0.39, 0.29) is 5.75 Å². The first kappa shape index (κ1) is 18.2. The maximum Gasteiger partial charge on any atom is 0.154 e. The fourth-order valence-electron chi connectivity index (χ4n) is 2.67. The number of benzene rings is 2. The third-order valence-corrected chi connectivity index (χ3v) is 4.08. The summed E-state index contributed by atoms with van der Waals surface area (Å²) in [5, 5.41) is 13.5. The van der Waals surface area contributed by atoms with E-state index in [0.717, 1.165) is 31.6 Å². The monoisotopic (exact) mass is 327 g/mol. The fraction of sp³-hybridized carbons (Fsp3) is 0.429. The molecule has 0 spiro atoms. The van der Waals surface area contributed by atoms with E-state index in [0.29, 0.717) is 11.4 Å². The van der Waals surface area contributed by atoms with E-state index in [1.165, 1.54) is 24.8 Å². The zero-order valence-electron chi connectivity index (χ0n) is 14.8. The van der Waals surface area contributed by atoms with Gasteiger partial charge in [0.15, 0.2) is 5.75 Å². The summed E-state index contributed by atoms with van der Waals surface area (Å²) in [5.41, 5.74) is 1.89. The van der Waals surface area contributed by atoms with E-state index in [2.05, 4.69) is 31.3 Å². The molecule has 0 unspecified atom stereocenters. The number of rotatable bonds is 10. The van der Waals surface area contributed by atoms with Crippen molar-refractivity contribution in [3.05, 3.63) is 48.0 Å². The molecule has 3 nitrogen and oxygen atoms in total. The smallest absolute Gasteiger partial charge is 0.154 e. The summed E-state index contributed by atoms with van der Waals surface area (Å²) in [7, 11) is 0. The van der Waals surface area contributed by atoms with Crippen LogP contribution in [0, 0.1) is 0 Å². The summed E-state index contributed by atoms with van der Waals surface area (Å²) in [4.78, 5) is 0. The van der Waals surface area contributed by atoms with Gasteiger partial charge >= 0.3 is 0 Å². The second-order valence-electron chi connectivity index (χ2n) is 6.10. The number of anilines is 1. The highest BCUT2D eigenvalue weighted by atomic mass is 16.5. The van der Waals surface area contributed by atoms with Crippen molar-refractivity contribution in [2.75, 3.05) is 11.9 Å². The van der Waals surface area contributed by atoms with Gasteiger partial charge in [-0.3, -0.25) is 0 Å². The lowest BCUT2D eigenvalue weighted by Gasteiger charge is -2.16. The average Bonchev–Trinajstić information content (AvgIpc) is 2.59. The van der Waals surface area contributed by atoms with Gasteiger partial charge in [0.1, 0.15) is 17.2 Å². The molecule has 0 fully saturated rings. The Bertz CT molecular complexity index is 625. The average molecular weight is 327 g/mol. The highest BCUT2D eigenvalue weighted by molar-refractivity contribution is 5.66. The third-order valence-electron chi connectivity index (χ3n) is 4.08. The Labute approximate surface area is 145 Å². The van der Waals surface area contributed by atoms with Crippen LogP contribution in [0.5, 0.6) is 17.2 Å². The molecular weight excluding hydrogens is 298 g/mol. The van der Waals surface area contributed by atoms with Gasteiger partial charge in [0.25, 0.3) is 0 Å². The molecule has 0 heterocycles. The zero-order valence-corrected chi connectivity index (χ0v) is 14.8. The highest BCUT2D eigenvalue weighted by Gasteiger charge is 2.11. The van der Waals surface area contributed by atoms with E-state index in [1.54, 1.807) is 6.07 Å². The quantitative estimate of drug-likeness (QED) is 0.407. The molecule has 24 heavy (non-hydrogen) atoms. The first-order valence-electron chi connectivity index (χ1n) is 9.07. The van der Waals surface area contributed by atoms with Crippen molar-refractivity contribution >= 4 is 5.69 Å². The van der Waals surface area contributed by atoms with Gasteiger partial charge in [0.2, 0.25) is 0 Å². The normalized spacial score (nSPS) is 10.6. The molecule has 0 aliphatic carbocycles. The van der Waals surface area contributed by atoms with Crippen LogP contribution in [-0.2, 0) is 6.42 Å². The number of hydrogen-bond donors (Lipinski definition) is 2.